The molecule has 2 aliphatic heterocycles. The summed E-state index contributed by atoms with van der Waals surface area (Å²) >= 11 is 0. The Morgan fingerprint density at radius 2 is 1.96 bits per heavy atom. The van der Waals surface area contributed by atoms with E-state index in [0.717, 1.165) is 25.9 Å². The van der Waals surface area contributed by atoms with Gasteiger partial charge in [0.2, 0.25) is 21.8 Å². The lowest BCUT2D eigenvalue weighted by molar-refractivity contribution is -0.129. The van der Waals surface area contributed by atoms with Crippen LogP contribution in [0.1, 0.15) is 44.3 Å². The molecule has 0 unspecified atom stereocenters. The summed E-state index contributed by atoms with van der Waals surface area (Å²) in [4.78, 5) is 17.7. The first-order valence-corrected chi connectivity index (χ1v) is 10.1. The van der Waals surface area contributed by atoms with Crippen LogP contribution in [-0.2, 0) is 21.2 Å². The van der Waals surface area contributed by atoms with Crippen molar-refractivity contribution in [3.05, 3.63) is 11.7 Å². The van der Waals surface area contributed by atoms with Crippen molar-refractivity contribution >= 4 is 15.9 Å². The minimum atomic E-state index is -3.08. The Morgan fingerprint density at radius 3 is 2.54 bits per heavy atom. The second-order valence-electron chi connectivity index (χ2n) is 6.61. The fraction of sp³-hybridized carbons (Fsp3) is 0.800. The smallest absolute Gasteiger partial charge is 0.227 e. The normalized spacial score (nSPS) is 21.0. The summed E-state index contributed by atoms with van der Waals surface area (Å²) in [6.45, 7) is 5.78. The van der Waals surface area contributed by atoms with E-state index in [1.54, 1.807) is 13.8 Å². The first kappa shape index (κ1) is 17.3. The Kier molecular flexibility index (Phi) is 4.91. The number of likely N-dealkylation sites (tertiary alicyclic amines) is 1. The highest BCUT2D eigenvalue weighted by Gasteiger charge is 2.36. The predicted octanol–water partition coefficient (Wildman–Crippen LogP) is 0.619. The molecule has 0 bridgehead atoms. The van der Waals surface area contributed by atoms with Gasteiger partial charge in [-0.1, -0.05) is 5.16 Å². The number of piperidine rings is 1. The fourth-order valence-electron chi connectivity index (χ4n) is 3.28. The average Bonchev–Trinajstić information content (AvgIpc) is 2.99. The third kappa shape index (κ3) is 3.61. The van der Waals surface area contributed by atoms with Gasteiger partial charge in [0, 0.05) is 45.4 Å². The standard InChI is InChI=1S/C15H24N4O4S/c1-3-24(21,22)19-9-12(10-19)8-14-16-15(17-23-14)13-4-6-18(7-5-13)11(2)20/h12-13H,3-10H2,1-2H3. The van der Waals surface area contributed by atoms with Gasteiger partial charge in [-0.2, -0.15) is 4.98 Å². The van der Waals surface area contributed by atoms with Gasteiger partial charge in [-0.05, 0) is 25.7 Å². The molecule has 0 saturated carbocycles. The van der Waals surface area contributed by atoms with E-state index in [2.05, 4.69) is 10.1 Å². The minimum Gasteiger partial charge on any atom is -0.343 e. The van der Waals surface area contributed by atoms with Crippen molar-refractivity contribution in [3.63, 3.8) is 0 Å². The van der Waals surface area contributed by atoms with Crippen LogP contribution >= 0.6 is 0 Å². The van der Waals surface area contributed by atoms with Gasteiger partial charge in [0.25, 0.3) is 0 Å². The van der Waals surface area contributed by atoms with Crippen molar-refractivity contribution in [2.45, 2.75) is 39.0 Å². The third-order valence-electron chi connectivity index (χ3n) is 4.93. The predicted molar refractivity (Wildman–Crippen MR) is 86.8 cm³/mol. The summed E-state index contributed by atoms with van der Waals surface area (Å²) in [5.74, 6) is 2.03. The zero-order valence-corrected chi connectivity index (χ0v) is 15.0. The average molecular weight is 356 g/mol. The van der Waals surface area contributed by atoms with Gasteiger partial charge in [-0.15, -0.1) is 0 Å². The van der Waals surface area contributed by atoms with Crippen molar-refractivity contribution in [2.75, 3.05) is 31.9 Å². The summed E-state index contributed by atoms with van der Waals surface area (Å²) in [6.07, 6.45) is 2.32. The molecule has 24 heavy (non-hydrogen) atoms. The molecular weight excluding hydrogens is 332 g/mol. The van der Waals surface area contributed by atoms with Crippen molar-refractivity contribution in [3.8, 4) is 0 Å². The second kappa shape index (κ2) is 6.79. The molecule has 2 fully saturated rings. The van der Waals surface area contributed by atoms with E-state index in [0.29, 0.717) is 31.2 Å². The van der Waals surface area contributed by atoms with Crippen LogP contribution in [-0.4, -0.2) is 65.6 Å². The first-order chi connectivity index (χ1) is 11.4. The van der Waals surface area contributed by atoms with Crippen LogP contribution in [0.3, 0.4) is 0 Å². The molecular formula is C15H24N4O4S. The highest BCUT2D eigenvalue weighted by molar-refractivity contribution is 7.89. The molecule has 3 heterocycles. The van der Waals surface area contributed by atoms with Crippen LogP contribution in [0.15, 0.2) is 4.52 Å². The van der Waals surface area contributed by atoms with Gasteiger partial charge in [-0.3, -0.25) is 4.79 Å². The molecule has 0 spiro atoms. The maximum atomic E-state index is 11.7. The third-order valence-corrected chi connectivity index (χ3v) is 6.75. The largest absolute Gasteiger partial charge is 0.343 e. The SMILES string of the molecule is CCS(=O)(=O)N1CC(Cc2nc(C3CCN(C(C)=O)CC3)no2)C1. The highest BCUT2D eigenvalue weighted by atomic mass is 32.2. The Labute approximate surface area is 142 Å². The fourth-order valence-corrected chi connectivity index (χ4v) is 4.52. The molecule has 1 aromatic rings. The Balaban J connectivity index is 1.50. The Morgan fingerprint density at radius 1 is 1.29 bits per heavy atom. The van der Waals surface area contributed by atoms with Gasteiger partial charge >= 0.3 is 0 Å². The van der Waals surface area contributed by atoms with Crippen LogP contribution in [0.2, 0.25) is 0 Å². The molecule has 0 aromatic carbocycles. The lowest BCUT2D eigenvalue weighted by atomic mass is 9.96. The van der Waals surface area contributed by atoms with E-state index in [1.165, 1.54) is 4.31 Å². The number of aromatic nitrogens is 2. The van der Waals surface area contributed by atoms with Crippen LogP contribution < -0.4 is 0 Å². The van der Waals surface area contributed by atoms with Crippen molar-refractivity contribution in [1.82, 2.24) is 19.3 Å². The van der Waals surface area contributed by atoms with Crippen LogP contribution in [0, 0.1) is 5.92 Å². The van der Waals surface area contributed by atoms with Gasteiger partial charge in [0.05, 0.1) is 5.75 Å². The van der Waals surface area contributed by atoms with E-state index in [4.69, 9.17) is 4.52 Å². The highest BCUT2D eigenvalue weighted by Crippen LogP contribution is 2.27. The number of hydrogen-bond acceptors (Lipinski definition) is 6. The summed E-state index contributed by atoms with van der Waals surface area (Å²) in [7, 11) is -3.08. The van der Waals surface area contributed by atoms with Crippen molar-refractivity contribution < 1.29 is 17.7 Å². The van der Waals surface area contributed by atoms with Crippen LogP contribution in [0.4, 0.5) is 0 Å². The molecule has 0 aliphatic carbocycles. The van der Waals surface area contributed by atoms with E-state index in [-0.39, 0.29) is 23.5 Å². The molecule has 3 rings (SSSR count). The summed E-state index contributed by atoms with van der Waals surface area (Å²) in [5, 5.41) is 4.08. The molecule has 2 saturated heterocycles. The molecule has 0 radical (unpaired) electrons. The minimum absolute atomic E-state index is 0.110. The molecule has 0 atom stereocenters. The van der Waals surface area contributed by atoms with Crippen LogP contribution in [0.25, 0.3) is 0 Å². The van der Waals surface area contributed by atoms with Crippen LogP contribution in [0.5, 0.6) is 0 Å². The van der Waals surface area contributed by atoms with Gasteiger partial charge in [0.15, 0.2) is 5.82 Å². The Bertz CT molecular complexity index is 688. The van der Waals surface area contributed by atoms with E-state index < -0.39 is 10.0 Å². The first-order valence-electron chi connectivity index (χ1n) is 8.45. The molecule has 8 nitrogen and oxygen atoms in total. The van der Waals surface area contributed by atoms with Crippen molar-refractivity contribution in [1.29, 1.82) is 0 Å². The number of carbonyl (C=O) groups is 1. The summed E-state index contributed by atoms with van der Waals surface area (Å²) in [6, 6.07) is 0. The number of rotatable bonds is 5. The molecule has 0 N–H and O–H groups in total. The van der Waals surface area contributed by atoms with Crippen molar-refractivity contribution in [2.24, 2.45) is 5.92 Å². The molecule has 1 aromatic heterocycles. The number of hydrogen-bond donors (Lipinski definition) is 0. The molecule has 134 valence electrons. The van der Waals surface area contributed by atoms with E-state index in [1.807, 2.05) is 4.90 Å². The lowest BCUT2D eigenvalue weighted by Gasteiger charge is -2.37. The number of amides is 1. The summed E-state index contributed by atoms with van der Waals surface area (Å²) in [5.41, 5.74) is 0. The zero-order valence-electron chi connectivity index (χ0n) is 14.1. The van der Waals surface area contributed by atoms with E-state index in [9.17, 15) is 13.2 Å². The topological polar surface area (TPSA) is 96.6 Å². The Hall–Kier alpha value is -1.48. The summed E-state index contributed by atoms with van der Waals surface area (Å²) < 4.78 is 30.3. The molecule has 1 amide bonds. The maximum Gasteiger partial charge on any atom is 0.227 e. The second-order valence-corrected chi connectivity index (χ2v) is 8.87. The number of carbonyl (C=O) groups excluding carboxylic acids is 1. The number of nitrogens with zero attached hydrogens (tertiary/aromatic N) is 4. The van der Waals surface area contributed by atoms with Gasteiger partial charge in [-0.25, -0.2) is 12.7 Å². The monoisotopic (exact) mass is 356 g/mol. The molecule has 2 aliphatic rings. The van der Waals surface area contributed by atoms with Gasteiger partial charge < -0.3 is 9.42 Å². The molecule has 9 heteroatoms. The van der Waals surface area contributed by atoms with E-state index >= 15 is 0 Å². The maximum absolute atomic E-state index is 11.7. The zero-order chi connectivity index (χ0) is 17.3. The quantitative estimate of drug-likeness (QED) is 0.767. The van der Waals surface area contributed by atoms with Gasteiger partial charge in [0.1, 0.15) is 0 Å². The lowest BCUT2D eigenvalue weighted by Crippen LogP contribution is -2.51. The number of sulfonamides is 1.